The van der Waals surface area contributed by atoms with Crippen LogP contribution in [0.4, 0.5) is 0 Å². The van der Waals surface area contributed by atoms with E-state index < -0.39 is 6.04 Å². The number of H-pyrrole nitrogens is 1. The van der Waals surface area contributed by atoms with Crippen molar-refractivity contribution in [2.24, 2.45) is 0 Å². The van der Waals surface area contributed by atoms with Gasteiger partial charge in [-0.1, -0.05) is 11.6 Å². The van der Waals surface area contributed by atoms with E-state index in [1.807, 2.05) is 19.1 Å². The average molecular weight is 391 g/mol. The van der Waals surface area contributed by atoms with E-state index in [-0.39, 0.29) is 30.7 Å². The summed E-state index contributed by atoms with van der Waals surface area (Å²) in [4.78, 5) is 43.3. The van der Waals surface area contributed by atoms with Gasteiger partial charge in [0.1, 0.15) is 6.04 Å². The molecule has 7 nitrogen and oxygen atoms in total. The number of nitrogens with zero attached hydrogens (tertiary/aromatic N) is 2. The third-order valence-corrected chi connectivity index (χ3v) is 5.33. The third kappa shape index (κ3) is 3.78. The van der Waals surface area contributed by atoms with Crippen molar-refractivity contribution in [1.29, 1.82) is 0 Å². The average Bonchev–Trinajstić information content (AvgIpc) is 2.95. The number of carbonyl (C=O) groups is 3. The summed E-state index contributed by atoms with van der Waals surface area (Å²) in [5.74, 6) is -0.508. The monoisotopic (exact) mass is 390 g/mol. The molecule has 1 atom stereocenters. The van der Waals surface area contributed by atoms with E-state index in [1.54, 1.807) is 11.0 Å². The van der Waals surface area contributed by atoms with Crippen LogP contribution in [0.1, 0.15) is 18.2 Å². The lowest BCUT2D eigenvalue weighted by molar-refractivity contribution is -0.146. The molecule has 2 N–H and O–H groups in total. The number of aromatic amines is 1. The van der Waals surface area contributed by atoms with Gasteiger partial charge in [0.2, 0.25) is 17.7 Å². The van der Waals surface area contributed by atoms with Crippen molar-refractivity contribution in [3.63, 3.8) is 0 Å². The van der Waals surface area contributed by atoms with E-state index in [9.17, 15) is 14.4 Å². The van der Waals surface area contributed by atoms with E-state index >= 15 is 0 Å². The Kier molecular flexibility index (Phi) is 5.41. The summed E-state index contributed by atoms with van der Waals surface area (Å²) in [7, 11) is 1.53. The maximum absolute atomic E-state index is 12.9. The predicted molar refractivity (Wildman–Crippen MR) is 104 cm³/mol. The van der Waals surface area contributed by atoms with Crippen LogP contribution in [0.25, 0.3) is 10.9 Å². The lowest BCUT2D eigenvalue weighted by Gasteiger charge is -2.40. The lowest BCUT2D eigenvalue weighted by Crippen LogP contribution is -2.61. The molecule has 1 fully saturated rings. The van der Waals surface area contributed by atoms with Crippen LogP contribution in [0.2, 0.25) is 5.02 Å². The number of fused-ring (bicyclic) bond motifs is 1. The van der Waals surface area contributed by atoms with Gasteiger partial charge in [0.25, 0.3) is 0 Å². The molecular formula is C19H23ClN4O3. The summed E-state index contributed by atoms with van der Waals surface area (Å²) in [6.45, 7) is 4.32. The van der Waals surface area contributed by atoms with Gasteiger partial charge in [0.15, 0.2) is 0 Å². The molecule has 1 aliphatic rings. The van der Waals surface area contributed by atoms with Crippen LogP contribution < -0.4 is 5.32 Å². The fraction of sp³-hybridized carbons (Fsp3) is 0.421. The van der Waals surface area contributed by atoms with Crippen molar-refractivity contribution < 1.29 is 14.4 Å². The quantitative estimate of drug-likeness (QED) is 0.832. The summed E-state index contributed by atoms with van der Waals surface area (Å²) in [5.41, 5.74) is 2.76. The molecule has 0 saturated carbocycles. The van der Waals surface area contributed by atoms with Gasteiger partial charge in [-0.2, -0.15) is 0 Å². The molecular weight excluding hydrogens is 368 g/mol. The minimum atomic E-state index is -0.663. The number of benzene rings is 1. The molecule has 2 aromatic rings. The zero-order chi connectivity index (χ0) is 19.7. The highest BCUT2D eigenvalue weighted by molar-refractivity contribution is 6.31. The van der Waals surface area contributed by atoms with Crippen LogP contribution >= 0.6 is 11.6 Å². The first-order valence-electron chi connectivity index (χ1n) is 8.85. The Morgan fingerprint density at radius 1 is 1.30 bits per heavy atom. The van der Waals surface area contributed by atoms with Gasteiger partial charge in [-0.25, -0.2) is 0 Å². The van der Waals surface area contributed by atoms with Gasteiger partial charge in [0, 0.05) is 48.7 Å². The smallest absolute Gasteiger partial charge is 0.244 e. The Morgan fingerprint density at radius 2 is 2.04 bits per heavy atom. The molecule has 8 heteroatoms. The van der Waals surface area contributed by atoms with E-state index in [1.165, 1.54) is 18.9 Å². The van der Waals surface area contributed by atoms with Crippen molar-refractivity contribution in [2.75, 3.05) is 26.7 Å². The van der Waals surface area contributed by atoms with Gasteiger partial charge >= 0.3 is 0 Å². The van der Waals surface area contributed by atoms with Crippen LogP contribution in [-0.4, -0.2) is 65.2 Å². The maximum atomic E-state index is 12.9. The van der Waals surface area contributed by atoms with Crippen LogP contribution in [0.3, 0.4) is 0 Å². The first-order valence-corrected chi connectivity index (χ1v) is 9.23. The number of hydrogen-bond acceptors (Lipinski definition) is 3. The highest BCUT2D eigenvalue weighted by atomic mass is 35.5. The molecule has 0 aliphatic carbocycles. The summed E-state index contributed by atoms with van der Waals surface area (Å²) < 4.78 is 0. The standard InChI is InChI=1S/C19H23ClN4O3/c1-11-14(15-8-13(20)4-5-16(15)22-11)9-18(26)23-6-7-24(12(2)25)17(10-23)19(27)21-3/h4-5,8,17,22H,6-7,9-10H2,1-3H3,(H,21,27). The fourth-order valence-corrected chi connectivity index (χ4v) is 3.79. The predicted octanol–water partition coefficient (Wildman–Crippen LogP) is 1.48. The van der Waals surface area contributed by atoms with Crippen molar-refractivity contribution in [1.82, 2.24) is 20.1 Å². The molecule has 1 saturated heterocycles. The first-order chi connectivity index (χ1) is 12.8. The third-order valence-electron chi connectivity index (χ3n) is 5.10. The van der Waals surface area contributed by atoms with Gasteiger partial charge < -0.3 is 20.1 Å². The fourth-order valence-electron chi connectivity index (χ4n) is 3.62. The van der Waals surface area contributed by atoms with E-state index in [0.29, 0.717) is 18.1 Å². The molecule has 1 aromatic carbocycles. The van der Waals surface area contributed by atoms with E-state index in [4.69, 9.17) is 11.6 Å². The van der Waals surface area contributed by atoms with Gasteiger partial charge in [-0.05, 0) is 30.7 Å². The number of aromatic nitrogens is 1. The summed E-state index contributed by atoms with van der Waals surface area (Å²) >= 11 is 6.11. The minimum absolute atomic E-state index is 0.0731. The van der Waals surface area contributed by atoms with E-state index in [2.05, 4.69) is 10.3 Å². The minimum Gasteiger partial charge on any atom is -0.358 e. The summed E-state index contributed by atoms with van der Waals surface area (Å²) in [6.07, 6.45) is 0.215. The van der Waals surface area contributed by atoms with Crippen LogP contribution in [-0.2, 0) is 20.8 Å². The molecule has 3 rings (SSSR count). The number of nitrogens with one attached hydrogen (secondary N) is 2. The Hall–Kier alpha value is -2.54. The Labute approximate surface area is 162 Å². The Balaban J connectivity index is 1.81. The molecule has 0 bridgehead atoms. The topological polar surface area (TPSA) is 85.5 Å². The normalized spacial score (nSPS) is 17.3. The summed E-state index contributed by atoms with van der Waals surface area (Å²) in [6, 6.07) is 4.89. The van der Waals surface area contributed by atoms with Crippen molar-refractivity contribution in [3.8, 4) is 0 Å². The summed E-state index contributed by atoms with van der Waals surface area (Å²) in [5, 5.41) is 4.12. The van der Waals surface area contributed by atoms with Crippen LogP contribution in [0, 0.1) is 6.92 Å². The maximum Gasteiger partial charge on any atom is 0.244 e. The largest absolute Gasteiger partial charge is 0.358 e. The number of carbonyl (C=O) groups excluding carboxylic acids is 3. The molecule has 1 aliphatic heterocycles. The van der Waals surface area contributed by atoms with Crippen LogP contribution in [0.5, 0.6) is 0 Å². The SMILES string of the molecule is CNC(=O)C1CN(C(=O)Cc2c(C)[nH]c3ccc(Cl)cc23)CCN1C(C)=O. The van der Waals surface area contributed by atoms with Gasteiger partial charge in [0.05, 0.1) is 13.0 Å². The molecule has 2 heterocycles. The zero-order valence-corrected chi connectivity index (χ0v) is 16.4. The Morgan fingerprint density at radius 3 is 2.70 bits per heavy atom. The van der Waals surface area contributed by atoms with E-state index in [0.717, 1.165) is 22.2 Å². The zero-order valence-electron chi connectivity index (χ0n) is 15.6. The number of likely N-dealkylation sites (N-methyl/N-ethyl adjacent to an activating group) is 1. The second-order valence-corrected chi connectivity index (χ2v) is 7.21. The highest BCUT2D eigenvalue weighted by Gasteiger charge is 2.35. The van der Waals surface area contributed by atoms with Crippen molar-refractivity contribution in [2.45, 2.75) is 26.3 Å². The molecule has 1 aromatic heterocycles. The molecule has 144 valence electrons. The first kappa shape index (κ1) is 19.2. The number of aryl methyl sites for hydroxylation is 1. The number of piperazine rings is 1. The molecule has 0 spiro atoms. The second-order valence-electron chi connectivity index (χ2n) is 6.78. The molecule has 1 unspecified atom stereocenters. The molecule has 27 heavy (non-hydrogen) atoms. The van der Waals surface area contributed by atoms with Gasteiger partial charge in [-0.15, -0.1) is 0 Å². The highest BCUT2D eigenvalue weighted by Crippen LogP contribution is 2.26. The van der Waals surface area contributed by atoms with Crippen molar-refractivity contribution >= 4 is 40.2 Å². The number of hydrogen-bond donors (Lipinski definition) is 2. The van der Waals surface area contributed by atoms with Crippen LogP contribution in [0.15, 0.2) is 18.2 Å². The molecule has 0 radical (unpaired) electrons. The number of amides is 3. The Bertz CT molecular complexity index is 908. The molecule has 3 amide bonds. The number of halogens is 1. The lowest BCUT2D eigenvalue weighted by atomic mass is 10.1. The van der Waals surface area contributed by atoms with Gasteiger partial charge in [-0.3, -0.25) is 14.4 Å². The number of rotatable bonds is 3. The van der Waals surface area contributed by atoms with Crippen molar-refractivity contribution in [3.05, 3.63) is 34.5 Å². The second kappa shape index (κ2) is 7.60.